The molecule has 1 aromatic carbocycles. The van der Waals surface area contributed by atoms with Crippen LogP contribution in [0, 0.1) is 12.8 Å². The molecule has 2 aromatic heterocycles. The molecule has 1 saturated carbocycles. The summed E-state index contributed by atoms with van der Waals surface area (Å²) in [5.74, 6) is 2.07. The lowest BCUT2D eigenvalue weighted by molar-refractivity contribution is 0.0699. The summed E-state index contributed by atoms with van der Waals surface area (Å²) in [5.41, 5.74) is 4.18. The van der Waals surface area contributed by atoms with E-state index < -0.39 is 6.10 Å². The molecule has 9 heteroatoms. The van der Waals surface area contributed by atoms with Crippen molar-refractivity contribution in [3.63, 3.8) is 0 Å². The lowest BCUT2D eigenvalue weighted by atomic mass is 10.0. The summed E-state index contributed by atoms with van der Waals surface area (Å²) in [6.45, 7) is 8.23. The highest BCUT2D eigenvalue weighted by atomic mass is 16.5. The molecule has 37 heavy (non-hydrogen) atoms. The van der Waals surface area contributed by atoms with Crippen molar-refractivity contribution < 1.29 is 14.6 Å². The van der Waals surface area contributed by atoms with Gasteiger partial charge >= 0.3 is 0 Å². The van der Waals surface area contributed by atoms with Gasteiger partial charge in [0.05, 0.1) is 18.3 Å². The smallest absolute Gasteiger partial charge is 0.251 e. The number of benzene rings is 1. The van der Waals surface area contributed by atoms with Gasteiger partial charge < -0.3 is 25.8 Å². The second-order valence-electron chi connectivity index (χ2n) is 10.4. The number of amides is 1. The first-order chi connectivity index (χ1) is 17.9. The first kappa shape index (κ1) is 25.5. The molecule has 2 fully saturated rings. The first-order valence-electron chi connectivity index (χ1n) is 13.5. The monoisotopic (exact) mass is 506 g/mol. The normalized spacial score (nSPS) is 17.9. The van der Waals surface area contributed by atoms with Gasteiger partial charge in [-0.2, -0.15) is 9.61 Å². The van der Waals surface area contributed by atoms with Crippen LogP contribution in [0.5, 0.6) is 0 Å². The summed E-state index contributed by atoms with van der Waals surface area (Å²) in [6.07, 6.45) is 6.29. The Morgan fingerprint density at radius 2 is 2.00 bits per heavy atom. The van der Waals surface area contributed by atoms with E-state index in [1.54, 1.807) is 6.92 Å². The quantitative estimate of drug-likeness (QED) is 0.329. The Balaban J connectivity index is 1.48. The highest BCUT2D eigenvalue weighted by Gasteiger charge is 2.25. The Bertz CT molecular complexity index is 1250. The summed E-state index contributed by atoms with van der Waals surface area (Å²) in [4.78, 5) is 17.5. The summed E-state index contributed by atoms with van der Waals surface area (Å²) < 4.78 is 7.35. The fraction of sp³-hybridized carbons (Fsp3) is 0.536. The molecule has 0 radical (unpaired) electrons. The number of nitrogens with one attached hydrogen (secondary N) is 3. The third-order valence-electron chi connectivity index (χ3n) is 7.43. The van der Waals surface area contributed by atoms with Crippen LogP contribution in [0.3, 0.4) is 0 Å². The predicted octanol–water partition coefficient (Wildman–Crippen LogP) is 4.01. The average Bonchev–Trinajstić information content (AvgIpc) is 3.61. The zero-order chi connectivity index (χ0) is 25.9. The third-order valence-corrected chi connectivity index (χ3v) is 7.43. The number of carbonyl (C=O) groups excluding carboxylic acids is 1. The molecule has 3 aromatic rings. The van der Waals surface area contributed by atoms with Gasteiger partial charge in [-0.1, -0.05) is 19.1 Å². The molecule has 2 aliphatic rings. The van der Waals surface area contributed by atoms with Gasteiger partial charge in [0.25, 0.3) is 5.91 Å². The van der Waals surface area contributed by atoms with E-state index in [0.29, 0.717) is 23.3 Å². The molecular weight excluding hydrogens is 468 g/mol. The molecule has 1 saturated heterocycles. The van der Waals surface area contributed by atoms with Crippen molar-refractivity contribution in [1.82, 2.24) is 19.9 Å². The maximum absolute atomic E-state index is 12.6. The lowest BCUT2D eigenvalue weighted by Gasteiger charge is -2.24. The van der Waals surface area contributed by atoms with Crippen molar-refractivity contribution >= 4 is 23.2 Å². The third kappa shape index (κ3) is 5.88. The number of rotatable bonds is 10. The number of hydrogen-bond donors (Lipinski definition) is 4. The second kappa shape index (κ2) is 11.1. The number of carbonyl (C=O) groups is 1. The summed E-state index contributed by atoms with van der Waals surface area (Å²) in [6, 6.07) is 8.05. The molecule has 0 bridgehead atoms. The highest BCUT2D eigenvalue weighted by Crippen LogP contribution is 2.30. The summed E-state index contributed by atoms with van der Waals surface area (Å²) in [5, 5.41) is 25.0. The minimum atomic E-state index is -0.511. The number of fused-ring (bicyclic) bond motifs is 1. The van der Waals surface area contributed by atoms with Crippen molar-refractivity contribution in [2.24, 2.45) is 5.92 Å². The van der Waals surface area contributed by atoms with E-state index >= 15 is 0 Å². The second-order valence-corrected chi connectivity index (χ2v) is 10.4. The molecule has 2 unspecified atom stereocenters. The Morgan fingerprint density at radius 1 is 1.22 bits per heavy atom. The average molecular weight is 507 g/mol. The van der Waals surface area contributed by atoms with E-state index in [4.69, 9.17) is 9.72 Å². The fourth-order valence-electron chi connectivity index (χ4n) is 4.90. The molecule has 3 heterocycles. The number of ether oxygens (including phenoxy) is 1. The molecule has 0 spiro atoms. The molecule has 1 aliphatic carbocycles. The van der Waals surface area contributed by atoms with E-state index in [1.165, 1.54) is 0 Å². The van der Waals surface area contributed by atoms with Crippen LogP contribution in [0.4, 0.5) is 11.6 Å². The number of aliphatic hydroxyl groups is 1. The molecule has 198 valence electrons. The molecule has 9 nitrogen and oxygen atoms in total. The largest absolute Gasteiger partial charge is 0.391 e. The van der Waals surface area contributed by atoms with Crippen molar-refractivity contribution in [2.75, 3.05) is 30.4 Å². The van der Waals surface area contributed by atoms with E-state index in [9.17, 15) is 9.90 Å². The molecule has 1 aliphatic heterocycles. The summed E-state index contributed by atoms with van der Waals surface area (Å²) in [7, 11) is 0. The Hall–Kier alpha value is -3.17. The van der Waals surface area contributed by atoms with Crippen molar-refractivity contribution in [3.05, 3.63) is 41.6 Å². The maximum atomic E-state index is 12.6. The van der Waals surface area contributed by atoms with Crippen LogP contribution in [0.1, 0.15) is 61.9 Å². The van der Waals surface area contributed by atoms with Crippen molar-refractivity contribution in [1.29, 1.82) is 0 Å². The molecule has 2 atom stereocenters. The van der Waals surface area contributed by atoms with Crippen LogP contribution in [-0.4, -0.2) is 63.6 Å². The highest BCUT2D eigenvalue weighted by molar-refractivity contribution is 5.97. The topological polar surface area (TPSA) is 113 Å². The number of nitrogens with zero attached hydrogens (tertiary/aromatic N) is 3. The zero-order valence-corrected chi connectivity index (χ0v) is 22.0. The van der Waals surface area contributed by atoms with E-state index in [1.807, 2.05) is 48.8 Å². The van der Waals surface area contributed by atoms with E-state index in [-0.39, 0.29) is 11.9 Å². The minimum Gasteiger partial charge on any atom is -0.391 e. The number of anilines is 2. The van der Waals surface area contributed by atoms with Crippen LogP contribution in [0.25, 0.3) is 16.8 Å². The van der Waals surface area contributed by atoms with Gasteiger partial charge in [-0.15, -0.1) is 0 Å². The molecule has 4 N–H and O–H groups in total. The van der Waals surface area contributed by atoms with Crippen molar-refractivity contribution in [2.45, 2.75) is 71.1 Å². The lowest BCUT2D eigenvalue weighted by Crippen LogP contribution is -2.31. The number of aromatic nitrogens is 3. The molecule has 5 rings (SSSR count). The van der Waals surface area contributed by atoms with Crippen LogP contribution in [-0.2, 0) is 4.74 Å². The fourth-order valence-corrected chi connectivity index (χ4v) is 4.90. The maximum Gasteiger partial charge on any atom is 0.251 e. The SMILES string of the molecule is CCC(Nc1cc(NCC2CCOCC2)n2ncc(-c3ccc(C(=O)NC4CC4)c(C)c3)c2n1)C(C)O. The number of aliphatic hydroxyl groups excluding tert-OH is 1. The summed E-state index contributed by atoms with van der Waals surface area (Å²) >= 11 is 0. The van der Waals surface area contributed by atoms with E-state index in [2.05, 4.69) is 21.0 Å². The van der Waals surface area contributed by atoms with Gasteiger partial charge in [0.2, 0.25) is 0 Å². The van der Waals surface area contributed by atoms with Crippen LogP contribution in [0.15, 0.2) is 30.5 Å². The van der Waals surface area contributed by atoms with Gasteiger partial charge in [0, 0.05) is 43.0 Å². The Kier molecular flexibility index (Phi) is 7.62. The van der Waals surface area contributed by atoms with Crippen LogP contribution < -0.4 is 16.0 Å². The Labute approximate surface area is 218 Å². The van der Waals surface area contributed by atoms with Gasteiger partial charge in [-0.25, -0.2) is 4.98 Å². The zero-order valence-electron chi connectivity index (χ0n) is 22.0. The number of aryl methyl sites for hydroxylation is 1. The van der Waals surface area contributed by atoms with Gasteiger partial charge in [-0.3, -0.25) is 4.79 Å². The van der Waals surface area contributed by atoms with Gasteiger partial charge in [-0.05, 0) is 69.1 Å². The van der Waals surface area contributed by atoms with Gasteiger partial charge in [0.15, 0.2) is 5.65 Å². The minimum absolute atomic E-state index is 0.0145. The van der Waals surface area contributed by atoms with E-state index in [0.717, 1.165) is 80.0 Å². The Morgan fingerprint density at radius 3 is 2.68 bits per heavy atom. The van der Waals surface area contributed by atoms with Crippen molar-refractivity contribution in [3.8, 4) is 11.1 Å². The number of hydrogen-bond acceptors (Lipinski definition) is 7. The standard InChI is InChI=1S/C28H38N6O3/c1-4-24(18(3)35)32-25-14-26(29-15-19-9-11-37-12-10-19)34-27(33-25)23(16-30-34)20-5-8-22(17(2)13-20)28(36)31-21-6-7-21/h5,8,13-14,16,18-19,21,24,29,35H,4,6-7,9-12,15H2,1-3H3,(H,31,36)(H,32,33). The molecule has 1 amide bonds. The first-order valence-corrected chi connectivity index (χ1v) is 13.5. The van der Waals surface area contributed by atoms with Gasteiger partial charge in [0.1, 0.15) is 11.6 Å². The van der Waals surface area contributed by atoms with Crippen LogP contribution >= 0.6 is 0 Å². The van der Waals surface area contributed by atoms with Crippen LogP contribution in [0.2, 0.25) is 0 Å². The molecular formula is C28H38N6O3. The predicted molar refractivity (Wildman–Crippen MR) is 145 cm³/mol.